The second kappa shape index (κ2) is 5.02. The molecule has 1 aromatic rings. The molecule has 1 unspecified atom stereocenters. The molecule has 0 aromatic heterocycles. The Kier molecular flexibility index (Phi) is 3.44. The summed E-state index contributed by atoms with van der Waals surface area (Å²) >= 11 is 0. The van der Waals surface area contributed by atoms with Crippen molar-refractivity contribution in [2.45, 2.75) is 13.0 Å². The minimum Gasteiger partial charge on any atom is -0.377 e. The Labute approximate surface area is 105 Å². The predicted octanol–water partition coefficient (Wildman–Crippen LogP) is 1.69. The van der Waals surface area contributed by atoms with E-state index in [0.717, 1.165) is 5.69 Å². The van der Waals surface area contributed by atoms with Gasteiger partial charge >= 0.3 is 0 Å². The topological polar surface area (TPSA) is 79.4 Å². The molecule has 1 atom stereocenters. The van der Waals surface area contributed by atoms with Gasteiger partial charge in [-0.15, -0.1) is 0 Å². The number of benzene rings is 1. The van der Waals surface area contributed by atoms with Crippen molar-refractivity contribution in [1.29, 1.82) is 5.26 Å². The number of nitriles is 1. The van der Waals surface area contributed by atoms with Gasteiger partial charge in [-0.3, -0.25) is 10.1 Å². The monoisotopic (exact) mass is 247 g/mol. The summed E-state index contributed by atoms with van der Waals surface area (Å²) in [6, 6.07) is 6.56. The van der Waals surface area contributed by atoms with Gasteiger partial charge in [-0.25, -0.2) is 0 Å². The number of hydrogen-bond donors (Lipinski definition) is 0. The number of nitro groups is 1. The van der Waals surface area contributed by atoms with E-state index in [2.05, 4.69) is 0 Å². The number of nitro benzene ring substituents is 1. The Morgan fingerprint density at radius 2 is 2.39 bits per heavy atom. The van der Waals surface area contributed by atoms with Crippen molar-refractivity contribution in [2.75, 3.05) is 24.7 Å². The quantitative estimate of drug-likeness (QED) is 0.587. The molecule has 0 N–H and O–H groups in total. The number of anilines is 1. The maximum Gasteiger partial charge on any atom is 0.270 e. The number of morpholine rings is 1. The summed E-state index contributed by atoms with van der Waals surface area (Å²) in [7, 11) is 0. The van der Waals surface area contributed by atoms with Crippen molar-refractivity contribution in [3.8, 4) is 6.07 Å². The van der Waals surface area contributed by atoms with Gasteiger partial charge < -0.3 is 9.64 Å². The molecule has 0 radical (unpaired) electrons. The van der Waals surface area contributed by atoms with E-state index in [4.69, 9.17) is 10.00 Å². The second-order valence-corrected chi connectivity index (χ2v) is 4.19. The Hall–Kier alpha value is -2.13. The normalized spacial score (nSPS) is 19.3. The van der Waals surface area contributed by atoms with Gasteiger partial charge in [-0.2, -0.15) is 5.26 Å². The zero-order chi connectivity index (χ0) is 13.1. The molecule has 1 aliphatic heterocycles. The van der Waals surface area contributed by atoms with Gasteiger partial charge in [0.1, 0.15) is 6.07 Å². The van der Waals surface area contributed by atoms with Gasteiger partial charge in [0.15, 0.2) is 0 Å². The lowest BCUT2D eigenvalue weighted by Crippen LogP contribution is -2.44. The molecular weight excluding hydrogens is 234 g/mol. The van der Waals surface area contributed by atoms with Gasteiger partial charge in [0.2, 0.25) is 0 Å². The average molecular weight is 247 g/mol. The third-order valence-electron chi connectivity index (χ3n) is 2.99. The third-order valence-corrected chi connectivity index (χ3v) is 2.99. The van der Waals surface area contributed by atoms with Crippen LogP contribution in [-0.4, -0.2) is 30.7 Å². The molecule has 1 fully saturated rings. The summed E-state index contributed by atoms with van der Waals surface area (Å²) in [6.07, 6.45) is 0. The van der Waals surface area contributed by atoms with Gasteiger partial charge in [-0.05, 0) is 13.0 Å². The summed E-state index contributed by atoms with van der Waals surface area (Å²) in [6.45, 7) is 3.89. The van der Waals surface area contributed by atoms with Crippen LogP contribution in [0.3, 0.4) is 0 Å². The highest BCUT2D eigenvalue weighted by Gasteiger charge is 2.22. The van der Waals surface area contributed by atoms with Crippen LogP contribution in [0.1, 0.15) is 12.5 Å². The number of ether oxygens (including phenoxy) is 1. The van der Waals surface area contributed by atoms with E-state index < -0.39 is 4.92 Å². The fraction of sp³-hybridized carbons (Fsp3) is 0.417. The SMILES string of the molecule is CC1COCCN1c1ccc([N+](=O)[O-])cc1C#N. The third kappa shape index (κ3) is 2.26. The summed E-state index contributed by atoms with van der Waals surface area (Å²) in [5, 5.41) is 19.8. The second-order valence-electron chi connectivity index (χ2n) is 4.19. The fourth-order valence-electron chi connectivity index (χ4n) is 2.06. The van der Waals surface area contributed by atoms with Crippen molar-refractivity contribution in [2.24, 2.45) is 0 Å². The molecule has 1 heterocycles. The molecule has 94 valence electrons. The van der Waals surface area contributed by atoms with Crippen LogP contribution in [0.15, 0.2) is 18.2 Å². The minimum atomic E-state index is -0.493. The van der Waals surface area contributed by atoms with Crippen LogP contribution in [0.25, 0.3) is 0 Å². The smallest absolute Gasteiger partial charge is 0.270 e. The molecule has 6 nitrogen and oxygen atoms in total. The number of hydrogen-bond acceptors (Lipinski definition) is 5. The molecule has 0 amide bonds. The molecule has 0 spiro atoms. The summed E-state index contributed by atoms with van der Waals surface area (Å²) in [5.41, 5.74) is 1.01. The summed E-state index contributed by atoms with van der Waals surface area (Å²) in [4.78, 5) is 12.2. The lowest BCUT2D eigenvalue weighted by molar-refractivity contribution is -0.384. The highest BCUT2D eigenvalue weighted by atomic mass is 16.6. The first-order valence-electron chi connectivity index (χ1n) is 5.66. The van der Waals surface area contributed by atoms with E-state index in [9.17, 15) is 10.1 Å². The number of nitrogens with zero attached hydrogens (tertiary/aromatic N) is 3. The largest absolute Gasteiger partial charge is 0.377 e. The van der Waals surface area contributed by atoms with Gasteiger partial charge in [0.05, 0.1) is 29.4 Å². The highest BCUT2D eigenvalue weighted by molar-refractivity contribution is 5.63. The molecule has 0 aliphatic carbocycles. The number of non-ortho nitro benzene ring substituents is 1. The molecule has 18 heavy (non-hydrogen) atoms. The van der Waals surface area contributed by atoms with Crippen molar-refractivity contribution in [3.05, 3.63) is 33.9 Å². The lowest BCUT2D eigenvalue weighted by atomic mass is 10.1. The van der Waals surface area contributed by atoms with Crippen LogP contribution >= 0.6 is 0 Å². The molecule has 0 saturated carbocycles. The first-order valence-corrected chi connectivity index (χ1v) is 5.66. The lowest BCUT2D eigenvalue weighted by Gasteiger charge is -2.35. The standard InChI is InChI=1S/C12H13N3O3/c1-9-8-18-5-4-14(9)12-3-2-11(15(16)17)6-10(12)7-13/h2-3,6,9H,4-5,8H2,1H3. The van der Waals surface area contributed by atoms with E-state index in [1.807, 2.05) is 17.9 Å². The van der Waals surface area contributed by atoms with Gasteiger partial charge in [-0.1, -0.05) is 0 Å². The Morgan fingerprint density at radius 1 is 1.61 bits per heavy atom. The summed E-state index contributed by atoms with van der Waals surface area (Å²) in [5.74, 6) is 0. The van der Waals surface area contributed by atoms with Gasteiger partial charge in [0.25, 0.3) is 5.69 Å². The van der Waals surface area contributed by atoms with Crippen molar-refractivity contribution in [1.82, 2.24) is 0 Å². The van der Waals surface area contributed by atoms with Crippen LogP contribution in [0.2, 0.25) is 0 Å². The average Bonchev–Trinajstić information content (AvgIpc) is 2.38. The molecule has 0 bridgehead atoms. The summed E-state index contributed by atoms with van der Waals surface area (Å²) < 4.78 is 5.34. The van der Waals surface area contributed by atoms with Gasteiger partial charge in [0, 0.05) is 24.7 Å². The van der Waals surface area contributed by atoms with Crippen molar-refractivity contribution in [3.63, 3.8) is 0 Å². The fourth-order valence-corrected chi connectivity index (χ4v) is 2.06. The zero-order valence-corrected chi connectivity index (χ0v) is 10.00. The van der Waals surface area contributed by atoms with E-state index in [1.54, 1.807) is 6.07 Å². The first-order chi connectivity index (χ1) is 8.63. The Bertz CT molecular complexity index is 510. The van der Waals surface area contributed by atoms with E-state index >= 15 is 0 Å². The highest BCUT2D eigenvalue weighted by Crippen LogP contribution is 2.27. The minimum absolute atomic E-state index is 0.0591. The molecule has 1 aromatic carbocycles. The molecule has 1 saturated heterocycles. The van der Waals surface area contributed by atoms with Crippen LogP contribution in [0.5, 0.6) is 0 Å². The maximum atomic E-state index is 10.7. The molecule has 1 aliphatic rings. The first kappa shape index (κ1) is 12.3. The van der Waals surface area contributed by atoms with Crippen LogP contribution in [-0.2, 0) is 4.74 Å². The molecular formula is C12H13N3O3. The Morgan fingerprint density at radius 3 is 3.00 bits per heavy atom. The predicted molar refractivity (Wildman–Crippen MR) is 65.4 cm³/mol. The van der Waals surface area contributed by atoms with E-state index in [-0.39, 0.29) is 11.7 Å². The van der Waals surface area contributed by atoms with Crippen molar-refractivity contribution >= 4 is 11.4 Å². The zero-order valence-electron chi connectivity index (χ0n) is 10.00. The Balaban J connectivity index is 2.38. The van der Waals surface area contributed by atoms with E-state index in [1.165, 1.54) is 12.1 Å². The number of rotatable bonds is 2. The molecule has 2 rings (SSSR count). The van der Waals surface area contributed by atoms with E-state index in [0.29, 0.717) is 25.3 Å². The van der Waals surface area contributed by atoms with Crippen LogP contribution < -0.4 is 4.90 Å². The van der Waals surface area contributed by atoms with Crippen LogP contribution in [0, 0.1) is 21.4 Å². The maximum absolute atomic E-state index is 10.7. The van der Waals surface area contributed by atoms with Crippen molar-refractivity contribution < 1.29 is 9.66 Å². The molecule has 6 heteroatoms. The van der Waals surface area contributed by atoms with Crippen LogP contribution in [0.4, 0.5) is 11.4 Å².